The van der Waals surface area contributed by atoms with Crippen LogP contribution in [0, 0.1) is 12.3 Å². The summed E-state index contributed by atoms with van der Waals surface area (Å²) in [5.41, 5.74) is 10.6. The highest BCUT2D eigenvalue weighted by Crippen LogP contribution is 1.98. The Balaban J connectivity index is 3.52. The summed E-state index contributed by atoms with van der Waals surface area (Å²) in [5, 5.41) is 11.0. The van der Waals surface area contributed by atoms with Crippen LogP contribution < -0.4 is 16.8 Å². The lowest BCUT2D eigenvalue weighted by Gasteiger charge is -2.08. The number of amides is 1. The molecule has 0 saturated carbocycles. The van der Waals surface area contributed by atoms with Crippen LogP contribution in [0.15, 0.2) is 0 Å². The third-order valence-electron chi connectivity index (χ3n) is 2.02. The Kier molecular flexibility index (Phi) is 6.92. The summed E-state index contributed by atoms with van der Waals surface area (Å²) in [6.45, 7) is 0.417. The van der Waals surface area contributed by atoms with Crippen LogP contribution in [0.1, 0.15) is 19.3 Å². The number of hydrogen-bond acceptors (Lipinski definition) is 4. The number of carbonyl (C=O) groups excluding carboxylic acids is 1. The number of carboxylic acids is 1. The van der Waals surface area contributed by atoms with E-state index in [4.69, 9.17) is 23.0 Å². The highest BCUT2D eigenvalue weighted by Gasteiger charge is 2.11. The Morgan fingerprint density at radius 3 is 2.50 bits per heavy atom. The molecule has 0 aromatic rings. The van der Waals surface area contributed by atoms with Crippen LogP contribution in [0.2, 0.25) is 0 Å². The second kappa shape index (κ2) is 7.68. The smallest absolute Gasteiger partial charge is 0.320 e. The summed E-state index contributed by atoms with van der Waals surface area (Å²) in [6.07, 6.45) is 6.61. The van der Waals surface area contributed by atoms with Crippen molar-refractivity contribution < 1.29 is 14.7 Å². The first kappa shape index (κ1) is 14.4. The third kappa shape index (κ3) is 6.01. The molecule has 1 amide bonds. The largest absolute Gasteiger partial charge is 0.480 e. The van der Waals surface area contributed by atoms with E-state index in [1.807, 2.05) is 0 Å². The Morgan fingerprint density at radius 1 is 1.38 bits per heavy atom. The second-order valence-electron chi connectivity index (χ2n) is 3.38. The van der Waals surface area contributed by atoms with E-state index in [9.17, 15) is 9.59 Å². The number of terminal acetylenes is 1. The van der Waals surface area contributed by atoms with Crippen LogP contribution in [0.25, 0.3) is 0 Å². The fourth-order valence-electron chi connectivity index (χ4n) is 1.01. The van der Waals surface area contributed by atoms with Crippen LogP contribution in [0.3, 0.4) is 0 Å². The Hall–Kier alpha value is -1.58. The monoisotopic (exact) mass is 227 g/mol. The molecule has 0 aliphatic rings. The predicted octanol–water partition coefficient (Wildman–Crippen LogP) is -1.35. The zero-order chi connectivity index (χ0) is 12.6. The molecule has 2 atom stereocenters. The molecule has 6 heteroatoms. The maximum Gasteiger partial charge on any atom is 0.320 e. The van der Waals surface area contributed by atoms with Gasteiger partial charge in [-0.1, -0.05) is 5.92 Å². The molecule has 90 valence electrons. The molecule has 16 heavy (non-hydrogen) atoms. The minimum absolute atomic E-state index is 0.381. The first-order valence-corrected chi connectivity index (χ1v) is 4.97. The van der Waals surface area contributed by atoms with Gasteiger partial charge in [0.15, 0.2) is 0 Å². The summed E-state index contributed by atoms with van der Waals surface area (Å²) < 4.78 is 0. The molecule has 2 unspecified atom stereocenters. The fraction of sp³-hybridized carbons (Fsp3) is 0.600. The van der Waals surface area contributed by atoms with Gasteiger partial charge in [-0.3, -0.25) is 9.59 Å². The van der Waals surface area contributed by atoms with Crippen LogP contribution in [-0.2, 0) is 9.59 Å². The zero-order valence-electron chi connectivity index (χ0n) is 8.98. The maximum absolute atomic E-state index is 11.1. The molecule has 0 aliphatic carbocycles. The quantitative estimate of drug-likeness (QED) is 0.316. The van der Waals surface area contributed by atoms with E-state index in [1.165, 1.54) is 0 Å². The number of rotatable bonds is 7. The maximum atomic E-state index is 11.1. The molecule has 0 aliphatic heterocycles. The van der Waals surface area contributed by atoms with Crippen LogP contribution >= 0.6 is 0 Å². The van der Waals surface area contributed by atoms with Crippen molar-refractivity contribution in [3.05, 3.63) is 0 Å². The molecule has 0 rings (SSSR count). The molecule has 6 N–H and O–H groups in total. The molecule has 0 bridgehead atoms. The van der Waals surface area contributed by atoms with Gasteiger partial charge in [0, 0.05) is 6.54 Å². The number of carboxylic acid groups (broad SMARTS) is 1. The van der Waals surface area contributed by atoms with E-state index in [1.54, 1.807) is 0 Å². The molecule has 0 spiro atoms. The molecule has 0 heterocycles. The highest BCUT2D eigenvalue weighted by molar-refractivity contribution is 5.84. The molecular weight excluding hydrogens is 210 g/mol. The lowest BCUT2D eigenvalue weighted by Crippen LogP contribution is -2.39. The van der Waals surface area contributed by atoms with Crippen molar-refractivity contribution in [2.45, 2.75) is 31.3 Å². The van der Waals surface area contributed by atoms with E-state index >= 15 is 0 Å². The van der Waals surface area contributed by atoms with E-state index in [2.05, 4.69) is 11.2 Å². The third-order valence-corrected chi connectivity index (χ3v) is 2.02. The topological polar surface area (TPSA) is 118 Å². The Bertz CT molecular complexity index is 286. The standard InChI is InChI=1S/C10H17N3O3/c1-2-7(11)9(14)13-6-4-3-5-8(12)10(15)16/h1,7-8H,3-6,11-12H2,(H,13,14)(H,15,16). The van der Waals surface area contributed by atoms with Gasteiger partial charge < -0.3 is 21.9 Å². The van der Waals surface area contributed by atoms with Gasteiger partial charge in [-0.05, 0) is 19.3 Å². The SMILES string of the molecule is C#CC(N)C(=O)NCCCCC(N)C(=O)O. The van der Waals surface area contributed by atoms with Gasteiger partial charge in [0.25, 0.3) is 0 Å². The molecule has 0 radical (unpaired) electrons. The Morgan fingerprint density at radius 2 is 2.00 bits per heavy atom. The number of hydrogen-bond donors (Lipinski definition) is 4. The van der Waals surface area contributed by atoms with Gasteiger partial charge in [0.2, 0.25) is 5.91 Å². The second-order valence-corrected chi connectivity index (χ2v) is 3.38. The molecule has 0 fully saturated rings. The average Bonchev–Trinajstić information content (AvgIpc) is 2.26. The van der Waals surface area contributed by atoms with Crippen molar-refractivity contribution >= 4 is 11.9 Å². The number of aliphatic carboxylic acids is 1. The van der Waals surface area contributed by atoms with E-state index in [0.29, 0.717) is 25.8 Å². The fourth-order valence-corrected chi connectivity index (χ4v) is 1.01. The van der Waals surface area contributed by atoms with Gasteiger partial charge in [-0.2, -0.15) is 0 Å². The van der Waals surface area contributed by atoms with Crippen LogP contribution in [0.4, 0.5) is 0 Å². The minimum atomic E-state index is -1.02. The van der Waals surface area contributed by atoms with E-state index < -0.39 is 24.0 Å². The number of nitrogens with one attached hydrogen (secondary N) is 1. The van der Waals surface area contributed by atoms with Gasteiger partial charge >= 0.3 is 5.97 Å². The van der Waals surface area contributed by atoms with Crippen molar-refractivity contribution in [2.75, 3.05) is 6.54 Å². The van der Waals surface area contributed by atoms with Crippen molar-refractivity contribution in [3.8, 4) is 12.3 Å². The highest BCUT2D eigenvalue weighted by atomic mass is 16.4. The lowest BCUT2D eigenvalue weighted by molar-refractivity contribution is -0.138. The van der Waals surface area contributed by atoms with Crippen molar-refractivity contribution in [2.24, 2.45) is 11.5 Å². The van der Waals surface area contributed by atoms with Crippen molar-refractivity contribution in [1.29, 1.82) is 0 Å². The summed E-state index contributed by atoms with van der Waals surface area (Å²) in [4.78, 5) is 21.4. The minimum Gasteiger partial charge on any atom is -0.480 e. The van der Waals surface area contributed by atoms with Crippen molar-refractivity contribution in [3.63, 3.8) is 0 Å². The molecule has 0 saturated heterocycles. The van der Waals surface area contributed by atoms with E-state index in [0.717, 1.165) is 0 Å². The molecule has 6 nitrogen and oxygen atoms in total. The lowest BCUT2D eigenvalue weighted by atomic mass is 10.1. The van der Waals surface area contributed by atoms with Gasteiger partial charge in [-0.25, -0.2) is 0 Å². The summed E-state index contributed by atoms with van der Waals surface area (Å²) in [5.74, 6) is 0.693. The summed E-state index contributed by atoms with van der Waals surface area (Å²) in [7, 11) is 0. The zero-order valence-corrected chi connectivity index (χ0v) is 8.98. The first-order chi connectivity index (χ1) is 7.49. The number of nitrogens with two attached hydrogens (primary N) is 2. The van der Waals surface area contributed by atoms with Gasteiger partial charge in [-0.15, -0.1) is 6.42 Å². The van der Waals surface area contributed by atoms with Crippen molar-refractivity contribution in [1.82, 2.24) is 5.32 Å². The average molecular weight is 227 g/mol. The normalized spacial score (nSPS) is 13.6. The van der Waals surface area contributed by atoms with Crippen LogP contribution in [0.5, 0.6) is 0 Å². The van der Waals surface area contributed by atoms with Gasteiger partial charge in [0.1, 0.15) is 12.1 Å². The summed E-state index contributed by atoms with van der Waals surface area (Å²) >= 11 is 0. The summed E-state index contributed by atoms with van der Waals surface area (Å²) in [6, 6.07) is -1.77. The first-order valence-electron chi connectivity index (χ1n) is 4.97. The van der Waals surface area contributed by atoms with Crippen LogP contribution in [-0.4, -0.2) is 35.6 Å². The number of unbranched alkanes of at least 4 members (excludes halogenated alkanes) is 1. The number of carbonyl (C=O) groups is 2. The Labute approximate surface area is 94.4 Å². The molecule has 0 aromatic heterocycles. The predicted molar refractivity (Wildman–Crippen MR) is 59.3 cm³/mol. The molecular formula is C10H17N3O3. The molecule has 0 aromatic carbocycles. The van der Waals surface area contributed by atoms with Gasteiger partial charge in [0.05, 0.1) is 0 Å². The van der Waals surface area contributed by atoms with E-state index in [-0.39, 0.29) is 0 Å².